The first kappa shape index (κ1) is 39.1. The van der Waals surface area contributed by atoms with Crippen molar-refractivity contribution >= 4 is 5.97 Å². The first-order chi connectivity index (χ1) is 18.7. The lowest BCUT2D eigenvalue weighted by Gasteiger charge is -1.99. The molecule has 2 heteroatoms. The Balaban J connectivity index is 0. The monoisotopic (exact) mass is 535 g/mol. The fourth-order valence-electron chi connectivity index (χ4n) is 4.67. The Morgan fingerprint density at radius 3 is 0.895 bits per heavy atom. The number of hydrogen-bond donors (Lipinski definition) is 1. The number of hydrogen-bond acceptors (Lipinski definition) is 1. The van der Waals surface area contributed by atoms with Crippen molar-refractivity contribution in [1.82, 2.24) is 0 Å². The molecule has 0 aromatic heterocycles. The number of allylic oxidation sites excluding steroid dienone is 4. The second-order valence-electron chi connectivity index (χ2n) is 11.3. The van der Waals surface area contributed by atoms with E-state index in [4.69, 9.17) is 5.11 Å². The first-order valence-corrected chi connectivity index (χ1v) is 17.2. The van der Waals surface area contributed by atoms with Gasteiger partial charge in [-0.1, -0.05) is 161 Å². The molecule has 0 saturated carbocycles. The van der Waals surface area contributed by atoms with Gasteiger partial charge >= 0.3 is 5.97 Å². The molecule has 0 fully saturated rings. The van der Waals surface area contributed by atoms with E-state index in [-0.39, 0.29) is 0 Å². The maximum atomic E-state index is 10.3. The average Bonchev–Trinajstić information content (AvgIpc) is 2.91. The van der Waals surface area contributed by atoms with E-state index < -0.39 is 5.97 Å². The largest absolute Gasteiger partial charge is 0.481 e. The van der Waals surface area contributed by atoms with E-state index in [9.17, 15) is 4.79 Å². The number of rotatable bonds is 29. The molecule has 0 atom stereocenters. The average molecular weight is 535 g/mol. The van der Waals surface area contributed by atoms with Crippen LogP contribution in [0.2, 0.25) is 0 Å². The van der Waals surface area contributed by atoms with E-state index >= 15 is 0 Å². The third-order valence-electron chi connectivity index (χ3n) is 7.27. The molecule has 0 aliphatic heterocycles. The van der Waals surface area contributed by atoms with Gasteiger partial charge < -0.3 is 5.11 Å². The molecule has 0 radical (unpaired) electrons. The Bertz CT molecular complexity index is 462. The van der Waals surface area contributed by atoms with Crippen LogP contribution in [0.1, 0.15) is 201 Å². The van der Waals surface area contributed by atoms with Crippen LogP contribution in [0.25, 0.3) is 0 Å². The van der Waals surface area contributed by atoms with Gasteiger partial charge in [0.25, 0.3) is 0 Å². The van der Waals surface area contributed by atoms with E-state index in [1.165, 1.54) is 161 Å². The summed E-state index contributed by atoms with van der Waals surface area (Å²) < 4.78 is 0. The van der Waals surface area contributed by atoms with Gasteiger partial charge in [0.1, 0.15) is 0 Å². The summed E-state index contributed by atoms with van der Waals surface area (Å²) in [6.45, 7) is 6.82. The minimum absolute atomic E-state index is 0.332. The van der Waals surface area contributed by atoms with E-state index in [0.29, 0.717) is 6.42 Å². The van der Waals surface area contributed by atoms with Crippen LogP contribution in [-0.2, 0) is 4.79 Å². The van der Waals surface area contributed by atoms with Crippen LogP contribution < -0.4 is 0 Å². The van der Waals surface area contributed by atoms with Crippen LogP contribution in [-0.4, -0.2) is 11.1 Å². The third-order valence-corrected chi connectivity index (χ3v) is 7.27. The molecule has 0 rings (SSSR count). The second-order valence-corrected chi connectivity index (χ2v) is 11.3. The molecule has 0 heterocycles. The molecule has 0 amide bonds. The molecular formula is C36H70O2. The van der Waals surface area contributed by atoms with Gasteiger partial charge in [0.15, 0.2) is 0 Å². The highest BCUT2D eigenvalue weighted by molar-refractivity contribution is 5.66. The number of aliphatic carboxylic acids is 1. The second kappa shape index (κ2) is 38.1. The summed E-state index contributed by atoms with van der Waals surface area (Å²) in [5.74, 6) is -0.664. The van der Waals surface area contributed by atoms with Crippen LogP contribution in [0.4, 0.5) is 0 Å². The molecule has 0 bridgehead atoms. The van der Waals surface area contributed by atoms with Gasteiger partial charge in [0, 0.05) is 6.42 Å². The molecule has 1 N–H and O–H groups in total. The van der Waals surface area contributed by atoms with Crippen LogP contribution in [0.5, 0.6) is 0 Å². The number of carboxylic acids is 1. The van der Waals surface area contributed by atoms with E-state index in [0.717, 1.165) is 12.8 Å². The van der Waals surface area contributed by atoms with Crippen molar-refractivity contribution in [2.45, 2.75) is 201 Å². The maximum absolute atomic E-state index is 10.3. The molecule has 0 aliphatic rings. The van der Waals surface area contributed by atoms with Gasteiger partial charge in [-0.05, 0) is 57.8 Å². The van der Waals surface area contributed by atoms with E-state index in [1.54, 1.807) is 0 Å². The van der Waals surface area contributed by atoms with Crippen molar-refractivity contribution in [1.29, 1.82) is 0 Å². The highest BCUT2D eigenvalue weighted by atomic mass is 16.4. The van der Waals surface area contributed by atoms with Crippen LogP contribution in [0.3, 0.4) is 0 Å². The Morgan fingerprint density at radius 1 is 0.395 bits per heavy atom. The van der Waals surface area contributed by atoms with Crippen molar-refractivity contribution in [2.24, 2.45) is 0 Å². The normalized spacial score (nSPS) is 11.3. The SMILES string of the molecule is CCCCCCCC/C=C/CCCCCCCC.CCCCCCCC/C=C/CCCCCCCC(=O)O. The molecule has 38 heavy (non-hydrogen) atoms. The van der Waals surface area contributed by atoms with Gasteiger partial charge in [0.2, 0.25) is 0 Å². The van der Waals surface area contributed by atoms with Gasteiger partial charge in [0.05, 0.1) is 0 Å². The molecule has 226 valence electrons. The summed E-state index contributed by atoms with van der Waals surface area (Å²) >= 11 is 0. The van der Waals surface area contributed by atoms with Gasteiger partial charge in [-0.2, -0.15) is 0 Å². The van der Waals surface area contributed by atoms with Crippen molar-refractivity contribution in [2.75, 3.05) is 0 Å². The van der Waals surface area contributed by atoms with Gasteiger partial charge in [-0.3, -0.25) is 4.79 Å². The van der Waals surface area contributed by atoms with Crippen molar-refractivity contribution in [3.05, 3.63) is 24.3 Å². The molecule has 0 spiro atoms. The highest BCUT2D eigenvalue weighted by Crippen LogP contribution is 2.11. The fourth-order valence-corrected chi connectivity index (χ4v) is 4.67. The first-order valence-electron chi connectivity index (χ1n) is 17.2. The van der Waals surface area contributed by atoms with E-state index in [2.05, 4.69) is 45.1 Å². The van der Waals surface area contributed by atoms with Crippen molar-refractivity contribution in [3.63, 3.8) is 0 Å². The predicted octanol–water partition coefficient (Wildman–Crippen LogP) is 13.2. The standard InChI is InChI=1S/C18H34O2.C18H36/c1-2-3-4-5-6-7-8-9-10-11-12-13-14-15-16-17-18(19)20;1-3-5-7-9-11-13-15-17-18-16-14-12-10-8-6-4-2/h9-10H,2-8,11-17H2,1H3,(H,19,20);17-18H,3-16H2,1-2H3/b10-9+;18-17+. The summed E-state index contributed by atoms with van der Waals surface area (Å²) in [6.07, 6.45) is 45.7. The molecule has 0 saturated heterocycles. The third kappa shape index (κ3) is 42.1. The summed E-state index contributed by atoms with van der Waals surface area (Å²) in [7, 11) is 0. The molecule has 0 unspecified atom stereocenters. The molecular weight excluding hydrogens is 464 g/mol. The summed E-state index contributed by atoms with van der Waals surface area (Å²) in [5, 5.41) is 8.51. The quantitative estimate of drug-likeness (QED) is 0.0765. The molecule has 0 aromatic rings. The Morgan fingerprint density at radius 2 is 0.632 bits per heavy atom. The van der Waals surface area contributed by atoms with E-state index in [1.807, 2.05) is 0 Å². The number of unbranched alkanes of at least 4 members (excludes halogenated alkanes) is 23. The number of carbonyl (C=O) groups is 1. The Kier molecular flexibility index (Phi) is 39.2. The zero-order valence-electron chi connectivity index (χ0n) is 26.5. The molecule has 0 aromatic carbocycles. The van der Waals surface area contributed by atoms with Crippen LogP contribution >= 0.6 is 0 Å². The highest BCUT2D eigenvalue weighted by Gasteiger charge is 1.96. The van der Waals surface area contributed by atoms with Gasteiger partial charge in [-0.15, -0.1) is 0 Å². The zero-order valence-corrected chi connectivity index (χ0v) is 26.5. The molecule has 2 nitrogen and oxygen atoms in total. The van der Waals surface area contributed by atoms with Gasteiger partial charge in [-0.25, -0.2) is 0 Å². The topological polar surface area (TPSA) is 37.3 Å². The minimum atomic E-state index is -0.664. The Hall–Kier alpha value is -1.05. The lowest BCUT2D eigenvalue weighted by molar-refractivity contribution is -0.137. The smallest absolute Gasteiger partial charge is 0.303 e. The summed E-state index contributed by atoms with van der Waals surface area (Å²) in [5.41, 5.74) is 0. The zero-order chi connectivity index (χ0) is 28.2. The fraction of sp³-hybridized carbons (Fsp3) is 0.861. The Labute approximate surface area is 240 Å². The van der Waals surface area contributed by atoms with Crippen LogP contribution in [0, 0.1) is 0 Å². The van der Waals surface area contributed by atoms with Crippen molar-refractivity contribution in [3.8, 4) is 0 Å². The predicted molar refractivity (Wildman–Crippen MR) is 172 cm³/mol. The lowest BCUT2D eigenvalue weighted by atomic mass is 10.1. The van der Waals surface area contributed by atoms with Crippen LogP contribution in [0.15, 0.2) is 24.3 Å². The molecule has 0 aliphatic carbocycles. The number of carboxylic acid groups (broad SMARTS) is 1. The summed E-state index contributed by atoms with van der Waals surface area (Å²) in [6, 6.07) is 0. The van der Waals surface area contributed by atoms with Crippen molar-refractivity contribution < 1.29 is 9.90 Å². The lowest BCUT2D eigenvalue weighted by Crippen LogP contribution is -1.93. The summed E-state index contributed by atoms with van der Waals surface area (Å²) in [4.78, 5) is 10.3. The maximum Gasteiger partial charge on any atom is 0.303 e. The minimum Gasteiger partial charge on any atom is -0.481 e.